The lowest BCUT2D eigenvalue weighted by molar-refractivity contribution is 0.337. The molecule has 0 spiro atoms. The van der Waals surface area contributed by atoms with Crippen LogP contribution in [0, 0.1) is 0 Å². The maximum absolute atomic E-state index is 5.49. The minimum absolute atomic E-state index is 0.590. The Kier molecular flexibility index (Phi) is 5.59. The average Bonchev–Trinajstić information content (AvgIpc) is 2.27. The lowest BCUT2D eigenvalue weighted by atomic mass is 10.0. The third-order valence-electron chi connectivity index (χ3n) is 2.84. The zero-order valence-corrected chi connectivity index (χ0v) is 11.8. The van der Waals surface area contributed by atoms with E-state index in [1.165, 1.54) is 11.1 Å². The first-order valence-corrected chi connectivity index (χ1v) is 6.45. The van der Waals surface area contributed by atoms with Gasteiger partial charge in [0.25, 0.3) is 0 Å². The molecule has 0 saturated heterocycles. The fraction of sp³-hybridized carbons (Fsp3) is 0.500. The van der Waals surface area contributed by atoms with E-state index in [1.807, 2.05) is 0 Å². The summed E-state index contributed by atoms with van der Waals surface area (Å²) in [6.45, 7) is 6.29. The van der Waals surface area contributed by atoms with E-state index in [1.54, 1.807) is 0 Å². The summed E-state index contributed by atoms with van der Waals surface area (Å²) in [5.74, 6) is 0.594. The summed E-state index contributed by atoms with van der Waals surface area (Å²) in [5.41, 5.74) is 8.21. The van der Waals surface area contributed by atoms with E-state index in [2.05, 4.69) is 50.1 Å². The maximum atomic E-state index is 5.49. The van der Waals surface area contributed by atoms with E-state index in [9.17, 15) is 0 Å². The first-order chi connectivity index (χ1) is 7.99. The SMILES string of the molecule is CC(C)c1ccc(CN(C)CCC(N)=S)cc1. The monoisotopic (exact) mass is 250 g/mol. The van der Waals surface area contributed by atoms with Crippen molar-refractivity contribution in [3.05, 3.63) is 35.4 Å². The molecule has 0 amide bonds. The predicted octanol–water partition coefficient (Wildman–Crippen LogP) is 2.92. The van der Waals surface area contributed by atoms with Crippen molar-refractivity contribution in [1.29, 1.82) is 0 Å². The molecule has 0 aromatic heterocycles. The highest BCUT2D eigenvalue weighted by molar-refractivity contribution is 7.80. The van der Waals surface area contributed by atoms with E-state index >= 15 is 0 Å². The molecule has 3 heteroatoms. The first kappa shape index (κ1) is 14.1. The molecule has 1 rings (SSSR count). The van der Waals surface area contributed by atoms with Gasteiger partial charge in [-0.3, -0.25) is 0 Å². The van der Waals surface area contributed by atoms with Crippen LogP contribution < -0.4 is 5.73 Å². The van der Waals surface area contributed by atoms with Gasteiger partial charge >= 0.3 is 0 Å². The maximum Gasteiger partial charge on any atom is 0.0740 e. The summed E-state index contributed by atoms with van der Waals surface area (Å²) in [5, 5.41) is 0. The standard InChI is InChI=1S/C14H22N2S/c1-11(2)13-6-4-12(5-7-13)10-16(3)9-8-14(15)17/h4-7,11H,8-10H2,1-3H3,(H2,15,17). The summed E-state index contributed by atoms with van der Waals surface area (Å²) in [7, 11) is 2.09. The highest BCUT2D eigenvalue weighted by Crippen LogP contribution is 2.15. The van der Waals surface area contributed by atoms with Crippen LogP contribution in [0.1, 0.15) is 37.3 Å². The number of benzene rings is 1. The van der Waals surface area contributed by atoms with Crippen LogP contribution >= 0.6 is 12.2 Å². The molecule has 0 atom stereocenters. The molecule has 0 aliphatic heterocycles. The second-order valence-corrected chi connectivity index (χ2v) is 5.37. The Labute approximate surface area is 110 Å². The molecule has 1 aromatic rings. The van der Waals surface area contributed by atoms with Crippen LogP contribution in [0.2, 0.25) is 0 Å². The number of nitrogens with zero attached hydrogens (tertiary/aromatic N) is 1. The van der Waals surface area contributed by atoms with Gasteiger partial charge in [0.15, 0.2) is 0 Å². The molecule has 94 valence electrons. The summed E-state index contributed by atoms with van der Waals surface area (Å²) < 4.78 is 0. The molecular weight excluding hydrogens is 228 g/mol. The van der Waals surface area contributed by atoms with E-state index in [0.717, 1.165) is 19.5 Å². The summed E-state index contributed by atoms with van der Waals surface area (Å²) in [6.07, 6.45) is 0.788. The van der Waals surface area contributed by atoms with Crippen molar-refractivity contribution in [3.8, 4) is 0 Å². The number of rotatable bonds is 6. The van der Waals surface area contributed by atoms with Gasteiger partial charge in [0.05, 0.1) is 4.99 Å². The minimum atomic E-state index is 0.590. The third-order valence-corrected chi connectivity index (χ3v) is 3.04. The van der Waals surface area contributed by atoms with Crippen LogP contribution in [0.4, 0.5) is 0 Å². The van der Waals surface area contributed by atoms with Crippen LogP contribution in [-0.4, -0.2) is 23.5 Å². The Morgan fingerprint density at radius 2 is 1.88 bits per heavy atom. The molecule has 0 aliphatic rings. The van der Waals surface area contributed by atoms with Gasteiger partial charge in [0.1, 0.15) is 0 Å². The van der Waals surface area contributed by atoms with Gasteiger partial charge in [-0.1, -0.05) is 50.3 Å². The van der Waals surface area contributed by atoms with Crippen molar-refractivity contribution < 1.29 is 0 Å². The number of thiocarbonyl (C=S) groups is 1. The number of hydrogen-bond acceptors (Lipinski definition) is 2. The molecule has 0 bridgehead atoms. The van der Waals surface area contributed by atoms with Gasteiger partial charge in [-0.15, -0.1) is 0 Å². The second-order valence-electron chi connectivity index (χ2n) is 4.85. The van der Waals surface area contributed by atoms with E-state index in [-0.39, 0.29) is 0 Å². The zero-order chi connectivity index (χ0) is 12.8. The van der Waals surface area contributed by atoms with Gasteiger partial charge < -0.3 is 10.6 Å². The van der Waals surface area contributed by atoms with Gasteiger partial charge in [-0.2, -0.15) is 0 Å². The average molecular weight is 250 g/mol. The van der Waals surface area contributed by atoms with Crippen molar-refractivity contribution >= 4 is 17.2 Å². The van der Waals surface area contributed by atoms with Gasteiger partial charge in [0, 0.05) is 19.5 Å². The van der Waals surface area contributed by atoms with Gasteiger partial charge in [0.2, 0.25) is 0 Å². The predicted molar refractivity (Wildman–Crippen MR) is 78.3 cm³/mol. The zero-order valence-electron chi connectivity index (χ0n) is 10.9. The molecule has 2 N–H and O–H groups in total. The lowest BCUT2D eigenvalue weighted by Crippen LogP contribution is -2.23. The molecule has 0 saturated carbocycles. The third kappa shape index (κ3) is 5.29. The topological polar surface area (TPSA) is 29.3 Å². The number of hydrogen-bond donors (Lipinski definition) is 1. The van der Waals surface area contributed by atoms with E-state index in [0.29, 0.717) is 10.9 Å². The lowest BCUT2D eigenvalue weighted by Gasteiger charge is -2.16. The molecule has 0 fully saturated rings. The van der Waals surface area contributed by atoms with Crippen molar-refractivity contribution in [2.24, 2.45) is 5.73 Å². The van der Waals surface area contributed by atoms with Gasteiger partial charge in [-0.25, -0.2) is 0 Å². The van der Waals surface area contributed by atoms with Crippen molar-refractivity contribution in [2.45, 2.75) is 32.7 Å². The van der Waals surface area contributed by atoms with Crippen molar-refractivity contribution in [2.75, 3.05) is 13.6 Å². The van der Waals surface area contributed by atoms with Crippen LogP contribution in [0.3, 0.4) is 0 Å². The fourth-order valence-electron chi connectivity index (χ4n) is 1.70. The van der Waals surface area contributed by atoms with Crippen LogP contribution in [0.15, 0.2) is 24.3 Å². The Bertz CT molecular complexity index is 357. The Morgan fingerprint density at radius 1 is 1.29 bits per heavy atom. The normalized spacial score (nSPS) is 11.1. The number of nitrogens with two attached hydrogens (primary N) is 1. The summed E-state index contributed by atoms with van der Waals surface area (Å²) >= 11 is 4.88. The summed E-state index contributed by atoms with van der Waals surface area (Å²) in [6, 6.07) is 8.82. The van der Waals surface area contributed by atoms with E-state index < -0.39 is 0 Å². The smallest absolute Gasteiger partial charge is 0.0740 e. The fourth-order valence-corrected chi connectivity index (χ4v) is 1.79. The Morgan fingerprint density at radius 3 is 2.35 bits per heavy atom. The highest BCUT2D eigenvalue weighted by Gasteiger charge is 2.02. The quantitative estimate of drug-likeness (QED) is 0.787. The van der Waals surface area contributed by atoms with Crippen LogP contribution in [0.25, 0.3) is 0 Å². The first-order valence-electron chi connectivity index (χ1n) is 6.04. The summed E-state index contributed by atoms with van der Waals surface area (Å²) in [4.78, 5) is 2.83. The van der Waals surface area contributed by atoms with Crippen molar-refractivity contribution in [1.82, 2.24) is 4.90 Å². The van der Waals surface area contributed by atoms with Gasteiger partial charge in [-0.05, 0) is 24.1 Å². The molecule has 17 heavy (non-hydrogen) atoms. The second kappa shape index (κ2) is 6.72. The molecule has 0 heterocycles. The minimum Gasteiger partial charge on any atom is -0.393 e. The largest absolute Gasteiger partial charge is 0.393 e. The Hall–Kier alpha value is -0.930. The molecule has 0 radical (unpaired) electrons. The highest BCUT2D eigenvalue weighted by atomic mass is 32.1. The molecule has 0 unspecified atom stereocenters. The molecule has 1 aromatic carbocycles. The van der Waals surface area contributed by atoms with Crippen molar-refractivity contribution in [3.63, 3.8) is 0 Å². The molecule has 2 nitrogen and oxygen atoms in total. The van der Waals surface area contributed by atoms with E-state index in [4.69, 9.17) is 18.0 Å². The molecular formula is C14H22N2S. The van der Waals surface area contributed by atoms with Crippen LogP contribution in [-0.2, 0) is 6.54 Å². The molecule has 0 aliphatic carbocycles. The van der Waals surface area contributed by atoms with Crippen LogP contribution in [0.5, 0.6) is 0 Å². The Balaban J connectivity index is 2.48.